The van der Waals surface area contributed by atoms with Gasteiger partial charge in [0.15, 0.2) is 11.2 Å². The van der Waals surface area contributed by atoms with Gasteiger partial charge in [-0.3, -0.25) is 14.7 Å². The summed E-state index contributed by atoms with van der Waals surface area (Å²) in [5.74, 6) is -0.508. The number of fused-ring (bicyclic) bond motifs is 1. The van der Waals surface area contributed by atoms with Crippen molar-refractivity contribution in [3.63, 3.8) is 0 Å². The molecule has 74 heavy (non-hydrogen) atoms. The fourth-order valence-electron chi connectivity index (χ4n) is 8.01. The molecule has 5 aromatic carbocycles. The van der Waals surface area contributed by atoms with Gasteiger partial charge in [0.1, 0.15) is 29.4 Å². The molecule has 7 aromatic rings. The van der Waals surface area contributed by atoms with Gasteiger partial charge in [-0.05, 0) is 77.0 Å². The molecule has 388 valence electrons. The number of hydrogen-bond donors (Lipinski definition) is 5. The van der Waals surface area contributed by atoms with E-state index in [4.69, 9.17) is 44.3 Å². The van der Waals surface area contributed by atoms with E-state index >= 15 is 0 Å². The summed E-state index contributed by atoms with van der Waals surface area (Å²) in [4.78, 5) is 82.5. The van der Waals surface area contributed by atoms with Crippen LogP contribution in [-0.4, -0.2) is 84.1 Å². The summed E-state index contributed by atoms with van der Waals surface area (Å²) in [5, 5.41) is 2.65. The number of phosphoric acid groups is 2. The molecule has 0 bridgehead atoms. The number of amides is 2. The maximum atomic E-state index is 14.3. The Kier molecular flexibility index (Phi) is 16.6. The van der Waals surface area contributed by atoms with Gasteiger partial charge in [0.25, 0.3) is 5.88 Å². The number of anilines is 3. The predicted octanol–water partition coefficient (Wildman–Crippen LogP) is 8.90. The molecule has 26 heteroatoms. The lowest BCUT2D eigenvalue weighted by Gasteiger charge is -2.37. The Hall–Kier alpha value is -6.26. The highest BCUT2D eigenvalue weighted by Crippen LogP contribution is 2.67. The molecule has 0 aliphatic carbocycles. The molecule has 1 aliphatic heterocycles. The number of ether oxygens (including phenoxy) is 5. The summed E-state index contributed by atoms with van der Waals surface area (Å²) < 4.78 is 71.0. The zero-order valence-corrected chi connectivity index (χ0v) is 43.3. The normalized spacial score (nSPS) is 17.6. The lowest BCUT2D eigenvalue weighted by Crippen LogP contribution is -2.38. The van der Waals surface area contributed by atoms with Crippen molar-refractivity contribution in [1.29, 1.82) is 0 Å². The molecule has 8 rings (SSSR count). The summed E-state index contributed by atoms with van der Waals surface area (Å²) in [6, 6.07) is 40.9. The monoisotopic (exact) mass is 1090 g/mol. The number of methoxy groups -OCH3 is 2. The fourth-order valence-corrected chi connectivity index (χ4v) is 12.3. The number of carbonyl (C=O) groups excluding carboxylic acids is 2. The summed E-state index contributed by atoms with van der Waals surface area (Å²) >= 11 is 5.15. The quantitative estimate of drug-likeness (QED) is 0.0352. The second-order valence-corrected chi connectivity index (χ2v) is 22.4. The average Bonchev–Trinajstić information content (AvgIpc) is 3.98. The number of nitrogens with zero attached hydrogens (tertiary/aromatic N) is 5. The van der Waals surface area contributed by atoms with Crippen molar-refractivity contribution >= 4 is 74.7 Å². The number of imidazole rings is 1. The van der Waals surface area contributed by atoms with E-state index in [2.05, 4.69) is 24.6 Å². The molecule has 5 N–H and O–H groups in total. The van der Waals surface area contributed by atoms with E-state index < -0.39 is 70.9 Å². The third-order valence-corrected chi connectivity index (χ3v) is 16.1. The van der Waals surface area contributed by atoms with Crippen LogP contribution in [0.3, 0.4) is 0 Å². The molecule has 2 aromatic heterocycles. The Morgan fingerprint density at radius 1 is 0.784 bits per heavy atom. The number of nitrogens with one attached hydrogen (secondary N) is 1. The van der Waals surface area contributed by atoms with E-state index in [1.165, 1.54) is 30.0 Å². The predicted molar refractivity (Wildman–Crippen MR) is 272 cm³/mol. The number of carbonyl (C=O) groups is 2. The van der Waals surface area contributed by atoms with Gasteiger partial charge in [-0.15, -0.1) is 0 Å². The Morgan fingerprint density at radius 3 is 1.82 bits per heavy atom. The van der Waals surface area contributed by atoms with Gasteiger partial charge in [0.2, 0.25) is 11.9 Å². The largest absolute Gasteiger partial charge is 0.497 e. The van der Waals surface area contributed by atoms with Crippen molar-refractivity contribution in [3.8, 4) is 17.4 Å². The topological polar surface area (TPSA) is 282 Å². The highest BCUT2D eigenvalue weighted by atomic mass is 32.5. The van der Waals surface area contributed by atoms with Crippen molar-refractivity contribution < 1.29 is 75.1 Å². The van der Waals surface area contributed by atoms with E-state index in [-0.39, 0.29) is 29.4 Å². The Bertz CT molecular complexity index is 3140. The Labute approximate surface area is 428 Å². The lowest BCUT2D eigenvalue weighted by molar-refractivity contribution is -0.118. The summed E-state index contributed by atoms with van der Waals surface area (Å²) in [5.41, 5.74) is 1.30. The standard InChI is InChI=1S/C48H49N6O16P3S/c1-31(2)44(55)51-46-50-43-42(45(52-46)67-47(56)54(35-16-10-6-11-17-35)36-18-12-7-13-19-36)49-30-53(43)41-28-39(68-73(62,74)70-72(60,61)69-71(57,58)59)40(66-41)29-65-48(32-14-8-5-9-15-32,33-20-24-37(63-3)25-21-33)34-22-26-38(64-4)27-23-34/h5-27,30-31,39-41H,28-29H2,1-4H3,(H,60,61)(H,62,74)(H2,57,58,59)(H,50,51,52,55)/t39-,40+,41+,73?/m0/s1. The Balaban J connectivity index is 1.21. The molecule has 1 saturated heterocycles. The summed E-state index contributed by atoms with van der Waals surface area (Å²) in [6.45, 7) is -2.07. The van der Waals surface area contributed by atoms with Crippen LogP contribution in [0, 0.1) is 5.92 Å². The van der Waals surface area contributed by atoms with E-state index in [1.54, 1.807) is 98.8 Å². The number of para-hydroxylation sites is 2. The minimum Gasteiger partial charge on any atom is -0.497 e. The molecule has 22 nitrogen and oxygen atoms in total. The molecule has 1 aliphatic rings. The van der Waals surface area contributed by atoms with Crippen LogP contribution in [0.25, 0.3) is 11.2 Å². The van der Waals surface area contributed by atoms with Crippen molar-refractivity contribution in [2.24, 2.45) is 5.92 Å². The second-order valence-electron chi connectivity index (χ2n) is 16.6. The maximum absolute atomic E-state index is 14.3. The maximum Gasteiger partial charge on any atom is 0.488 e. The van der Waals surface area contributed by atoms with Crippen LogP contribution in [0.1, 0.15) is 43.2 Å². The number of aromatic nitrogens is 4. The SMILES string of the molecule is COc1ccc(C(OC[C@H]2O[C@@H](n3cnc4c(OC(=O)N(c5ccccc5)c5ccccc5)nc(NC(=O)C(C)C)nc43)C[C@@H]2OP(O)(=S)OP(=O)(O)OP(=O)(O)O)(c2ccccc2)c2ccc(OC)cc2)cc1. The fraction of sp³-hybridized carbons (Fsp3) is 0.229. The van der Waals surface area contributed by atoms with Gasteiger partial charge in [-0.2, -0.15) is 14.3 Å². The van der Waals surface area contributed by atoms with Crippen molar-refractivity contribution in [2.75, 3.05) is 31.0 Å². The first kappa shape index (κ1) is 54.0. The smallest absolute Gasteiger partial charge is 0.488 e. The average molecular weight is 1090 g/mol. The van der Waals surface area contributed by atoms with E-state index in [1.807, 2.05) is 54.6 Å². The Morgan fingerprint density at radius 2 is 1.31 bits per heavy atom. The highest BCUT2D eigenvalue weighted by molar-refractivity contribution is 8.08. The molecule has 0 radical (unpaired) electrons. The van der Waals surface area contributed by atoms with Crippen LogP contribution in [0.5, 0.6) is 17.4 Å². The summed E-state index contributed by atoms with van der Waals surface area (Å²) in [7, 11) is -8.36. The molecule has 0 saturated carbocycles. The number of rotatable bonds is 20. The van der Waals surface area contributed by atoms with Crippen LogP contribution < -0.4 is 24.4 Å². The molecule has 5 atom stereocenters. The van der Waals surface area contributed by atoms with Crippen LogP contribution in [0.2, 0.25) is 0 Å². The van der Waals surface area contributed by atoms with Crippen LogP contribution in [-0.2, 0) is 54.0 Å². The van der Waals surface area contributed by atoms with Crippen molar-refractivity contribution in [2.45, 2.75) is 44.3 Å². The van der Waals surface area contributed by atoms with Gasteiger partial charge >= 0.3 is 28.5 Å². The van der Waals surface area contributed by atoms with E-state index in [0.717, 1.165) is 0 Å². The molecule has 2 amide bonds. The van der Waals surface area contributed by atoms with Crippen molar-refractivity contribution in [1.82, 2.24) is 19.5 Å². The first-order valence-electron chi connectivity index (χ1n) is 22.4. The van der Waals surface area contributed by atoms with Crippen LogP contribution in [0.4, 0.5) is 22.1 Å². The van der Waals surface area contributed by atoms with Gasteiger partial charge in [-0.25, -0.2) is 28.1 Å². The van der Waals surface area contributed by atoms with Gasteiger partial charge in [0, 0.05) is 12.3 Å². The first-order valence-corrected chi connectivity index (χ1v) is 28.0. The molecule has 1 fully saturated rings. The zero-order chi connectivity index (χ0) is 52.8. The molecular formula is C48H49N6O16P3S. The van der Waals surface area contributed by atoms with Gasteiger partial charge < -0.3 is 47.8 Å². The second kappa shape index (κ2) is 22.7. The molecule has 0 spiro atoms. The van der Waals surface area contributed by atoms with E-state index in [0.29, 0.717) is 39.6 Å². The van der Waals surface area contributed by atoms with Crippen LogP contribution >= 0.6 is 22.4 Å². The molecule has 2 unspecified atom stereocenters. The third-order valence-electron chi connectivity index (χ3n) is 11.4. The molecular weight excluding hydrogens is 1040 g/mol. The number of hydrogen-bond acceptors (Lipinski definition) is 16. The summed E-state index contributed by atoms with van der Waals surface area (Å²) in [6.07, 6.45) is -3.75. The van der Waals surface area contributed by atoms with E-state index in [9.17, 15) is 38.3 Å². The first-order chi connectivity index (χ1) is 35.3. The van der Waals surface area contributed by atoms with Crippen LogP contribution in [0.15, 0.2) is 146 Å². The van der Waals surface area contributed by atoms with Crippen molar-refractivity contribution in [3.05, 3.63) is 163 Å². The lowest BCUT2D eigenvalue weighted by atomic mass is 9.80. The van der Waals surface area contributed by atoms with Gasteiger partial charge in [0.05, 0.1) is 44.6 Å². The molecule has 3 heterocycles. The minimum absolute atomic E-state index is 0.0252. The minimum atomic E-state index is -5.77. The third kappa shape index (κ3) is 12.6. The highest BCUT2D eigenvalue weighted by Gasteiger charge is 2.47. The zero-order valence-electron chi connectivity index (χ0n) is 39.8. The number of benzene rings is 5. The van der Waals surface area contributed by atoms with Gasteiger partial charge in [-0.1, -0.05) is 105 Å².